The van der Waals surface area contributed by atoms with E-state index in [1.54, 1.807) is 24.0 Å². The Bertz CT molecular complexity index is 949. The molecular formula is C19H24FN3O3S. The Morgan fingerprint density at radius 2 is 2.00 bits per heavy atom. The van der Waals surface area contributed by atoms with E-state index in [0.29, 0.717) is 54.5 Å². The van der Waals surface area contributed by atoms with Gasteiger partial charge in [-0.1, -0.05) is 6.92 Å². The molecule has 1 aliphatic rings. The van der Waals surface area contributed by atoms with E-state index < -0.39 is 10.0 Å². The SMILES string of the molecule is CCCS(=O)(=O)NC1CCN(C(=O)c2cc(C)nc3cc(F)ccc23)CC1. The van der Waals surface area contributed by atoms with Crippen LogP contribution in [0.25, 0.3) is 10.9 Å². The van der Waals surface area contributed by atoms with Crippen molar-refractivity contribution in [3.63, 3.8) is 0 Å². The van der Waals surface area contributed by atoms with Crippen LogP contribution in [0.1, 0.15) is 42.2 Å². The van der Waals surface area contributed by atoms with Crippen molar-refractivity contribution in [1.29, 1.82) is 0 Å². The zero-order chi connectivity index (χ0) is 19.6. The van der Waals surface area contributed by atoms with Gasteiger partial charge in [-0.3, -0.25) is 9.78 Å². The summed E-state index contributed by atoms with van der Waals surface area (Å²) in [5.41, 5.74) is 1.61. The Kier molecular flexibility index (Phi) is 5.76. The number of amides is 1. The smallest absolute Gasteiger partial charge is 0.254 e. The normalized spacial score (nSPS) is 16.0. The van der Waals surface area contributed by atoms with Crippen LogP contribution in [0.2, 0.25) is 0 Å². The van der Waals surface area contributed by atoms with Crippen molar-refractivity contribution in [2.24, 2.45) is 0 Å². The van der Waals surface area contributed by atoms with Crippen molar-refractivity contribution in [2.75, 3.05) is 18.8 Å². The molecule has 6 nitrogen and oxygen atoms in total. The first-order valence-corrected chi connectivity index (χ1v) is 10.8. The molecule has 0 atom stereocenters. The van der Waals surface area contributed by atoms with Crippen LogP contribution in [0.4, 0.5) is 4.39 Å². The number of likely N-dealkylation sites (tertiary alicyclic amines) is 1. The molecule has 1 saturated heterocycles. The van der Waals surface area contributed by atoms with Crippen molar-refractivity contribution < 1.29 is 17.6 Å². The fraction of sp³-hybridized carbons (Fsp3) is 0.474. The van der Waals surface area contributed by atoms with Gasteiger partial charge < -0.3 is 4.90 Å². The number of nitrogens with zero attached hydrogens (tertiary/aromatic N) is 2. The molecule has 1 N–H and O–H groups in total. The highest BCUT2D eigenvalue weighted by atomic mass is 32.2. The fourth-order valence-electron chi connectivity index (χ4n) is 3.46. The molecule has 146 valence electrons. The Hall–Kier alpha value is -2.06. The van der Waals surface area contributed by atoms with Crippen LogP contribution in [0, 0.1) is 12.7 Å². The summed E-state index contributed by atoms with van der Waals surface area (Å²) in [5.74, 6) is -0.406. The van der Waals surface area contributed by atoms with Gasteiger partial charge in [-0.15, -0.1) is 0 Å². The van der Waals surface area contributed by atoms with Crippen molar-refractivity contribution in [2.45, 2.75) is 39.2 Å². The molecule has 3 rings (SSSR count). The molecule has 0 radical (unpaired) electrons. The maximum absolute atomic E-state index is 13.5. The highest BCUT2D eigenvalue weighted by Crippen LogP contribution is 2.23. The Balaban J connectivity index is 1.74. The van der Waals surface area contributed by atoms with Crippen LogP contribution in [0.3, 0.4) is 0 Å². The third kappa shape index (κ3) is 4.62. The van der Waals surface area contributed by atoms with Crippen LogP contribution in [-0.2, 0) is 10.0 Å². The molecule has 2 aromatic rings. The molecule has 1 aromatic carbocycles. The number of sulfonamides is 1. The molecule has 0 bridgehead atoms. The molecule has 27 heavy (non-hydrogen) atoms. The van der Waals surface area contributed by atoms with Gasteiger partial charge in [-0.05, 0) is 44.4 Å². The number of aromatic nitrogens is 1. The van der Waals surface area contributed by atoms with E-state index in [1.165, 1.54) is 12.1 Å². The summed E-state index contributed by atoms with van der Waals surface area (Å²) in [5, 5.41) is 0.623. The molecule has 0 aliphatic carbocycles. The Morgan fingerprint density at radius 1 is 1.30 bits per heavy atom. The second-order valence-electron chi connectivity index (χ2n) is 6.98. The van der Waals surface area contributed by atoms with E-state index in [2.05, 4.69) is 9.71 Å². The summed E-state index contributed by atoms with van der Waals surface area (Å²) >= 11 is 0. The molecule has 1 aliphatic heterocycles. The molecular weight excluding hydrogens is 369 g/mol. The van der Waals surface area contributed by atoms with E-state index in [0.717, 1.165) is 0 Å². The first-order valence-electron chi connectivity index (χ1n) is 9.15. The maximum atomic E-state index is 13.5. The first-order chi connectivity index (χ1) is 12.8. The van der Waals surface area contributed by atoms with E-state index in [1.807, 2.05) is 6.92 Å². The van der Waals surface area contributed by atoms with Crippen LogP contribution >= 0.6 is 0 Å². The van der Waals surface area contributed by atoms with E-state index in [9.17, 15) is 17.6 Å². The number of rotatable bonds is 5. The quantitative estimate of drug-likeness (QED) is 0.847. The zero-order valence-corrected chi connectivity index (χ0v) is 16.4. The summed E-state index contributed by atoms with van der Waals surface area (Å²) in [6.07, 6.45) is 1.72. The lowest BCUT2D eigenvalue weighted by Crippen LogP contribution is -2.47. The number of pyridine rings is 1. The second kappa shape index (κ2) is 7.90. The number of carbonyl (C=O) groups is 1. The molecule has 0 unspecified atom stereocenters. The third-order valence-electron chi connectivity index (χ3n) is 4.73. The van der Waals surface area contributed by atoms with Crippen LogP contribution < -0.4 is 4.72 Å². The predicted octanol–water partition coefficient (Wildman–Crippen LogP) is 2.62. The topological polar surface area (TPSA) is 79.4 Å². The lowest BCUT2D eigenvalue weighted by atomic mass is 10.0. The molecule has 2 heterocycles. The van der Waals surface area contributed by atoms with Gasteiger partial charge in [0, 0.05) is 36.3 Å². The van der Waals surface area contributed by atoms with Gasteiger partial charge in [0.1, 0.15) is 5.82 Å². The lowest BCUT2D eigenvalue weighted by molar-refractivity contribution is 0.0713. The minimum atomic E-state index is -3.26. The van der Waals surface area contributed by atoms with Crippen LogP contribution in [-0.4, -0.2) is 49.1 Å². The summed E-state index contributed by atoms with van der Waals surface area (Å²) in [4.78, 5) is 19.0. The average Bonchev–Trinajstić information content (AvgIpc) is 2.60. The number of hydrogen-bond acceptors (Lipinski definition) is 4. The van der Waals surface area contributed by atoms with Crippen LogP contribution in [0.15, 0.2) is 24.3 Å². The minimum Gasteiger partial charge on any atom is -0.339 e. The van der Waals surface area contributed by atoms with Gasteiger partial charge in [-0.25, -0.2) is 17.5 Å². The summed E-state index contributed by atoms with van der Waals surface area (Å²) in [6, 6.07) is 5.81. The number of aryl methyl sites for hydroxylation is 1. The standard InChI is InChI=1S/C19H24FN3O3S/c1-3-10-27(25,26)22-15-6-8-23(9-7-15)19(24)17-11-13(2)21-18-12-14(20)4-5-16(17)18/h4-5,11-12,15,22H,3,6-10H2,1-2H3. The van der Waals surface area contributed by atoms with Crippen molar-refractivity contribution in [3.8, 4) is 0 Å². The van der Waals surface area contributed by atoms with Gasteiger partial charge in [0.25, 0.3) is 5.91 Å². The summed E-state index contributed by atoms with van der Waals surface area (Å²) in [7, 11) is -3.26. The second-order valence-corrected chi connectivity index (χ2v) is 8.85. The van der Waals surface area contributed by atoms with E-state index in [-0.39, 0.29) is 23.5 Å². The molecule has 1 fully saturated rings. The Labute approximate surface area is 158 Å². The van der Waals surface area contributed by atoms with Crippen molar-refractivity contribution >= 4 is 26.8 Å². The molecule has 1 amide bonds. The monoisotopic (exact) mass is 393 g/mol. The predicted molar refractivity (Wildman–Crippen MR) is 103 cm³/mol. The number of nitrogens with one attached hydrogen (secondary N) is 1. The number of fused-ring (bicyclic) bond motifs is 1. The summed E-state index contributed by atoms with van der Waals surface area (Å²) in [6.45, 7) is 4.55. The zero-order valence-electron chi connectivity index (χ0n) is 15.5. The van der Waals surface area contributed by atoms with Gasteiger partial charge in [-0.2, -0.15) is 0 Å². The minimum absolute atomic E-state index is 0.116. The van der Waals surface area contributed by atoms with Gasteiger partial charge >= 0.3 is 0 Å². The Morgan fingerprint density at radius 3 is 2.67 bits per heavy atom. The number of carbonyl (C=O) groups excluding carboxylic acids is 1. The largest absolute Gasteiger partial charge is 0.339 e. The maximum Gasteiger partial charge on any atom is 0.254 e. The molecule has 8 heteroatoms. The number of hydrogen-bond donors (Lipinski definition) is 1. The van der Waals surface area contributed by atoms with Crippen LogP contribution in [0.5, 0.6) is 0 Å². The van der Waals surface area contributed by atoms with Crippen molar-refractivity contribution in [3.05, 3.63) is 41.3 Å². The molecule has 1 aromatic heterocycles. The fourth-order valence-corrected chi connectivity index (χ4v) is 4.86. The highest BCUT2D eigenvalue weighted by molar-refractivity contribution is 7.89. The van der Waals surface area contributed by atoms with Gasteiger partial charge in [0.2, 0.25) is 10.0 Å². The van der Waals surface area contributed by atoms with Gasteiger partial charge in [0.15, 0.2) is 0 Å². The average molecular weight is 393 g/mol. The van der Waals surface area contributed by atoms with E-state index >= 15 is 0 Å². The molecule has 0 spiro atoms. The van der Waals surface area contributed by atoms with Gasteiger partial charge in [0.05, 0.1) is 16.8 Å². The molecule has 0 saturated carbocycles. The third-order valence-corrected chi connectivity index (χ3v) is 6.37. The first kappa shape index (κ1) is 19.7. The number of benzene rings is 1. The number of halogens is 1. The summed E-state index contributed by atoms with van der Waals surface area (Å²) < 4.78 is 40.1. The number of piperidine rings is 1. The highest BCUT2D eigenvalue weighted by Gasteiger charge is 2.27. The van der Waals surface area contributed by atoms with E-state index in [4.69, 9.17) is 0 Å². The lowest BCUT2D eigenvalue weighted by Gasteiger charge is -2.32. The van der Waals surface area contributed by atoms with Crippen molar-refractivity contribution in [1.82, 2.24) is 14.6 Å².